The molecule has 0 aromatic carbocycles. The van der Waals surface area contributed by atoms with E-state index in [1.165, 1.54) is 10.4 Å². The molecule has 2 aromatic rings. The largest absolute Gasteiger partial charge is 0.306 e. The summed E-state index contributed by atoms with van der Waals surface area (Å²) in [5.74, 6) is 0. The van der Waals surface area contributed by atoms with Crippen LogP contribution >= 0.6 is 50.2 Å². The van der Waals surface area contributed by atoms with Crippen molar-refractivity contribution in [1.29, 1.82) is 0 Å². The number of halogens is 2. The van der Waals surface area contributed by atoms with Gasteiger partial charge < -0.3 is 5.32 Å². The highest BCUT2D eigenvalue weighted by Crippen LogP contribution is 2.37. The van der Waals surface area contributed by atoms with E-state index in [1.54, 1.807) is 22.7 Å². The normalized spacial score (nSPS) is 12.9. The van der Waals surface area contributed by atoms with Crippen LogP contribution in [0.4, 0.5) is 0 Å². The zero-order valence-electron chi connectivity index (χ0n) is 9.37. The predicted molar refractivity (Wildman–Crippen MR) is 81.5 cm³/mol. The van der Waals surface area contributed by atoms with Crippen LogP contribution in [0.3, 0.4) is 0 Å². The Labute approximate surface area is 123 Å². The van der Waals surface area contributed by atoms with Crippen molar-refractivity contribution < 1.29 is 0 Å². The molecule has 0 aliphatic rings. The second-order valence-electron chi connectivity index (χ2n) is 3.71. The maximum Gasteiger partial charge on any atom is 0.107 e. The molecular weight excluding hydrogens is 338 g/mol. The first-order chi connectivity index (χ1) is 8.22. The molecule has 0 spiro atoms. The fourth-order valence-electron chi connectivity index (χ4n) is 1.62. The number of hydrogen-bond donors (Lipinski definition) is 1. The summed E-state index contributed by atoms with van der Waals surface area (Å²) in [5, 5.41) is 7.87. The quantitative estimate of drug-likeness (QED) is 0.770. The van der Waals surface area contributed by atoms with Crippen molar-refractivity contribution in [3.63, 3.8) is 0 Å². The highest BCUT2D eigenvalue weighted by molar-refractivity contribution is 9.10. The topological polar surface area (TPSA) is 12.0 Å². The minimum atomic E-state index is 0.259. The van der Waals surface area contributed by atoms with Crippen LogP contribution in [0.5, 0.6) is 0 Å². The smallest absolute Gasteiger partial charge is 0.107 e. The lowest BCUT2D eigenvalue weighted by Crippen LogP contribution is -2.21. The van der Waals surface area contributed by atoms with Crippen LogP contribution in [0.2, 0.25) is 4.34 Å². The van der Waals surface area contributed by atoms with Crippen molar-refractivity contribution in [2.45, 2.75) is 19.4 Å². The van der Waals surface area contributed by atoms with E-state index >= 15 is 0 Å². The highest BCUT2D eigenvalue weighted by atomic mass is 79.9. The van der Waals surface area contributed by atoms with E-state index in [4.69, 9.17) is 11.6 Å². The Morgan fingerprint density at radius 2 is 2.35 bits per heavy atom. The van der Waals surface area contributed by atoms with Crippen molar-refractivity contribution in [2.24, 2.45) is 0 Å². The zero-order chi connectivity index (χ0) is 12.3. The molecule has 1 nitrogen and oxygen atoms in total. The van der Waals surface area contributed by atoms with Gasteiger partial charge in [-0.15, -0.1) is 11.3 Å². The molecular formula is C12H13BrClNS2. The van der Waals surface area contributed by atoms with Gasteiger partial charge in [0.2, 0.25) is 0 Å². The summed E-state index contributed by atoms with van der Waals surface area (Å²) in [6.07, 6.45) is 1.13. The van der Waals surface area contributed by atoms with Crippen LogP contribution in [0, 0.1) is 0 Å². The van der Waals surface area contributed by atoms with Crippen LogP contribution in [-0.2, 0) is 0 Å². The van der Waals surface area contributed by atoms with Crippen LogP contribution in [0.1, 0.15) is 29.8 Å². The van der Waals surface area contributed by atoms with Gasteiger partial charge in [-0.2, -0.15) is 11.3 Å². The molecule has 5 heteroatoms. The van der Waals surface area contributed by atoms with E-state index in [-0.39, 0.29) is 6.04 Å². The van der Waals surface area contributed by atoms with E-state index in [9.17, 15) is 0 Å². The zero-order valence-corrected chi connectivity index (χ0v) is 13.3. The molecule has 0 bridgehead atoms. The first-order valence-electron chi connectivity index (χ1n) is 5.42. The van der Waals surface area contributed by atoms with Crippen LogP contribution < -0.4 is 5.32 Å². The van der Waals surface area contributed by atoms with Gasteiger partial charge in [-0.25, -0.2) is 0 Å². The fourth-order valence-corrected chi connectivity index (χ4v) is 4.14. The molecule has 1 unspecified atom stereocenters. The van der Waals surface area contributed by atoms with Gasteiger partial charge in [-0.3, -0.25) is 0 Å². The Morgan fingerprint density at radius 3 is 2.88 bits per heavy atom. The molecule has 0 saturated carbocycles. The molecule has 1 atom stereocenters. The summed E-state index contributed by atoms with van der Waals surface area (Å²) in [6, 6.07) is 4.53. The third-order valence-electron chi connectivity index (χ3n) is 2.42. The Bertz CT molecular complexity index is 447. The average molecular weight is 351 g/mol. The summed E-state index contributed by atoms with van der Waals surface area (Å²) in [7, 11) is 0. The van der Waals surface area contributed by atoms with Crippen molar-refractivity contribution in [2.75, 3.05) is 6.54 Å². The lowest BCUT2D eigenvalue weighted by molar-refractivity contribution is 0.607. The molecule has 0 aliphatic heterocycles. The van der Waals surface area contributed by atoms with Gasteiger partial charge in [0, 0.05) is 9.35 Å². The Morgan fingerprint density at radius 1 is 1.53 bits per heavy atom. The lowest BCUT2D eigenvalue weighted by Gasteiger charge is -2.15. The molecule has 17 heavy (non-hydrogen) atoms. The predicted octanol–water partition coefficient (Wildman–Crippen LogP) is 5.31. The fraction of sp³-hybridized carbons (Fsp3) is 0.333. The lowest BCUT2D eigenvalue weighted by atomic mass is 10.1. The van der Waals surface area contributed by atoms with E-state index in [1.807, 2.05) is 0 Å². The van der Waals surface area contributed by atoms with E-state index in [2.05, 4.69) is 51.1 Å². The molecule has 92 valence electrons. The maximum absolute atomic E-state index is 6.12. The molecule has 2 heterocycles. The van der Waals surface area contributed by atoms with Gasteiger partial charge >= 0.3 is 0 Å². The molecule has 2 aromatic heterocycles. The molecule has 1 N–H and O–H groups in total. The first kappa shape index (κ1) is 13.6. The number of nitrogens with one attached hydrogen (secondary N) is 1. The second kappa shape index (κ2) is 6.34. The minimum Gasteiger partial charge on any atom is -0.306 e. The monoisotopic (exact) mass is 349 g/mol. The standard InChI is InChI=1S/C12H13BrClNS2/c1-2-4-15-11(8-3-5-16-7-8)10-6-9(13)12(14)17-10/h3,5-7,11,15H,2,4H2,1H3. The van der Waals surface area contributed by atoms with Crippen LogP contribution in [-0.4, -0.2) is 6.54 Å². The molecule has 0 aliphatic carbocycles. The van der Waals surface area contributed by atoms with Gasteiger partial charge in [0.25, 0.3) is 0 Å². The summed E-state index contributed by atoms with van der Waals surface area (Å²) in [6.45, 7) is 3.18. The highest BCUT2D eigenvalue weighted by Gasteiger charge is 2.17. The van der Waals surface area contributed by atoms with Crippen molar-refractivity contribution >= 4 is 50.2 Å². The van der Waals surface area contributed by atoms with E-state index in [0.29, 0.717) is 0 Å². The number of rotatable bonds is 5. The van der Waals surface area contributed by atoms with Crippen molar-refractivity contribution in [3.05, 3.63) is 42.1 Å². The van der Waals surface area contributed by atoms with Gasteiger partial charge in [-0.05, 0) is 57.4 Å². The summed E-state index contributed by atoms with van der Waals surface area (Å²) >= 11 is 12.9. The van der Waals surface area contributed by atoms with Crippen LogP contribution in [0.15, 0.2) is 27.4 Å². The third-order valence-corrected chi connectivity index (χ3v) is 5.66. The van der Waals surface area contributed by atoms with E-state index < -0.39 is 0 Å². The molecule has 0 radical (unpaired) electrons. The molecule has 2 rings (SSSR count). The van der Waals surface area contributed by atoms with Gasteiger partial charge in [0.05, 0.1) is 6.04 Å². The van der Waals surface area contributed by atoms with Gasteiger partial charge in [0.1, 0.15) is 4.34 Å². The molecule has 0 saturated heterocycles. The summed E-state index contributed by atoms with van der Waals surface area (Å²) < 4.78 is 1.80. The summed E-state index contributed by atoms with van der Waals surface area (Å²) in [5.41, 5.74) is 1.31. The first-order valence-corrected chi connectivity index (χ1v) is 8.35. The van der Waals surface area contributed by atoms with Crippen LogP contribution in [0.25, 0.3) is 0 Å². The minimum absolute atomic E-state index is 0.259. The molecule has 0 fully saturated rings. The Kier molecular flexibility index (Phi) is 5.06. The van der Waals surface area contributed by atoms with Gasteiger partial charge in [0.15, 0.2) is 0 Å². The second-order valence-corrected chi connectivity index (χ2v) is 7.03. The Balaban J connectivity index is 2.26. The number of thiophene rings is 2. The SMILES string of the molecule is CCCNC(c1ccsc1)c1cc(Br)c(Cl)s1. The molecule has 0 amide bonds. The summed E-state index contributed by atoms with van der Waals surface area (Å²) in [4.78, 5) is 1.26. The van der Waals surface area contributed by atoms with E-state index in [0.717, 1.165) is 21.8 Å². The third kappa shape index (κ3) is 3.32. The van der Waals surface area contributed by atoms with Crippen molar-refractivity contribution in [1.82, 2.24) is 5.32 Å². The van der Waals surface area contributed by atoms with Gasteiger partial charge in [-0.1, -0.05) is 18.5 Å². The van der Waals surface area contributed by atoms with Crippen molar-refractivity contribution in [3.8, 4) is 0 Å². The Hall–Kier alpha value is 0.130. The number of hydrogen-bond acceptors (Lipinski definition) is 3. The average Bonchev–Trinajstić information content (AvgIpc) is 2.92. The maximum atomic E-state index is 6.12.